The van der Waals surface area contributed by atoms with Crippen LogP contribution in [0, 0.1) is 0 Å². The molecule has 1 aliphatic heterocycles. The topological polar surface area (TPSA) is 23.6 Å². The van der Waals surface area contributed by atoms with E-state index in [-0.39, 0.29) is 5.78 Å². The molecule has 2 rings (SSSR count). The Morgan fingerprint density at radius 1 is 1.38 bits per heavy atom. The molecule has 0 bridgehead atoms. The quantitative estimate of drug-likeness (QED) is 0.745. The third kappa shape index (κ3) is 4.43. The first kappa shape index (κ1) is 16.8. The molecule has 3 nitrogen and oxygen atoms in total. The number of carbonyl (C=O) groups excluding carboxylic acids is 1. The van der Waals surface area contributed by atoms with E-state index >= 15 is 0 Å². The Bertz CT molecular complexity index is 507. The maximum atomic E-state index is 12.3. The number of halogens is 2. The summed E-state index contributed by atoms with van der Waals surface area (Å²) in [7, 11) is 2.00. The van der Waals surface area contributed by atoms with Gasteiger partial charge in [-0.05, 0) is 51.2 Å². The number of Topliss-reactive ketones (excluding diaryl/α,β-unsaturated/α-hetero) is 1. The van der Waals surface area contributed by atoms with Crippen molar-refractivity contribution >= 4 is 29.0 Å². The lowest BCUT2D eigenvalue weighted by Crippen LogP contribution is -2.40. The zero-order valence-corrected chi connectivity index (χ0v) is 14.1. The Labute approximate surface area is 136 Å². The van der Waals surface area contributed by atoms with Crippen LogP contribution in [0.1, 0.15) is 30.1 Å². The Morgan fingerprint density at radius 2 is 2.14 bits per heavy atom. The van der Waals surface area contributed by atoms with Crippen LogP contribution in [0.15, 0.2) is 18.2 Å². The predicted molar refractivity (Wildman–Crippen MR) is 88.6 cm³/mol. The monoisotopic (exact) mass is 328 g/mol. The lowest BCUT2D eigenvalue weighted by Gasteiger charge is -2.27. The molecular formula is C16H22Cl2N2O. The van der Waals surface area contributed by atoms with Crippen molar-refractivity contribution in [1.82, 2.24) is 9.80 Å². The van der Waals surface area contributed by atoms with Gasteiger partial charge in [-0.1, -0.05) is 30.1 Å². The second-order valence-corrected chi connectivity index (χ2v) is 6.49. The van der Waals surface area contributed by atoms with Gasteiger partial charge in [0.1, 0.15) is 0 Å². The molecule has 0 spiro atoms. The highest BCUT2D eigenvalue weighted by Gasteiger charge is 2.24. The van der Waals surface area contributed by atoms with E-state index in [1.54, 1.807) is 18.2 Å². The van der Waals surface area contributed by atoms with Gasteiger partial charge in [0.15, 0.2) is 5.78 Å². The molecule has 1 saturated heterocycles. The van der Waals surface area contributed by atoms with E-state index in [0.717, 1.165) is 13.1 Å². The van der Waals surface area contributed by atoms with Crippen molar-refractivity contribution in [2.75, 3.05) is 33.2 Å². The summed E-state index contributed by atoms with van der Waals surface area (Å²) >= 11 is 11.8. The van der Waals surface area contributed by atoms with E-state index in [9.17, 15) is 4.79 Å². The maximum absolute atomic E-state index is 12.3. The molecular weight excluding hydrogens is 307 g/mol. The van der Waals surface area contributed by atoms with Gasteiger partial charge in [-0.2, -0.15) is 0 Å². The SMILES string of the molecule is CCN1CCCC1CN(C)CC(=O)c1ccc(Cl)c(Cl)c1. The molecule has 0 N–H and O–H groups in total. The molecule has 1 aromatic rings. The summed E-state index contributed by atoms with van der Waals surface area (Å²) in [5.41, 5.74) is 0.620. The molecule has 1 aromatic carbocycles. The number of hydrogen-bond acceptors (Lipinski definition) is 3. The summed E-state index contributed by atoms with van der Waals surface area (Å²) in [6.45, 7) is 5.79. The normalized spacial score (nSPS) is 19.4. The van der Waals surface area contributed by atoms with E-state index in [1.165, 1.54) is 19.4 Å². The molecule has 1 heterocycles. The third-order valence-corrected chi connectivity index (χ3v) is 4.82. The number of rotatable bonds is 6. The summed E-state index contributed by atoms with van der Waals surface area (Å²) in [6, 6.07) is 5.63. The number of carbonyl (C=O) groups is 1. The van der Waals surface area contributed by atoms with E-state index < -0.39 is 0 Å². The highest BCUT2D eigenvalue weighted by Crippen LogP contribution is 2.23. The van der Waals surface area contributed by atoms with Crippen LogP contribution in [0.5, 0.6) is 0 Å². The molecule has 1 aliphatic rings. The molecule has 0 amide bonds. The van der Waals surface area contributed by atoms with E-state index in [2.05, 4.69) is 16.7 Å². The summed E-state index contributed by atoms with van der Waals surface area (Å²) in [4.78, 5) is 16.9. The summed E-state index contributed by atoms with van der Waals surface area (Å²) in [5.74, 6) is 0.0807. The van der Waals surface area contributed by atoms with Crippen LogP contribution in [0.2, 0.25) is 10.0 Å². The molecule has 0 aliphatic carbocycles. The predicted octanol–water partition coefficient (Wildman–Crippen LogP) is 3.59. The molecule has 5 heteroatoms. The van der Waals surface area contributed by atoms with Gasteiger partial charge < -0.3 is 0 Å². The summed E-state index contributed by atoms with van der Waals surface area (Å²) in [5, 5.41) is 0.907. The fourth-order valence-electron chi connectivity index (χ4n) is 2.95. The van der Waals surface area contributed by atoms with Crippen LogP contribution in [0.25, 0.3) is 0 Å². The minimum Gasteiger partial charge on any atom is -0.299 e. The number of nitrogens with zero attached hydrogens (tertiary/aromatic N) is 2. The molecule has 1 fully saturated rings. The molecule has 116 valence electrons. The molecule has 0 saturated carbocycles. The van der Waals surface area contributed by atoms with Gasteiger partial charge in [0.2, 0.25) is 0 Å². The molecule has 0 aromatic heterocycles. The van der Waals surface area contributed by atoms with Gasteiger partial charge in [-0.25, -0.2) is 0 Å². The number of likely N-dealkylation sites (N-methyl/N-ethyl adjacent to an activating group) is 2. The van der Waals surface area contributed by atoms with Crippen LogP contribution < -0.4 is 0 Å². The van der Waals surface area contributed by atoms with Gasteiger partial charge in [-0.3, -0.25) is 14.6 Å². The molecule has 1 unspecified atom stereocenters. The average molecular weight is 329 g/mol. The smallest absolute Gasteiger partial charge is 0.176 e. The van der Waals surface area contributed by atoms with Crippen molar-refractivity contribution in [3.05, 3.63) is 33.8 Å². The van der Waals surface area contributed by atoms with Crippen molar-refractivity contribution in [3.63, 3.8) is 0 Å². The zero-order valence-electron chi connectivity index (χ0n) is 12.6. The Morgan fingerprint density at radius 3 is 2.81 bits per heavy atom. The number of ketones is 1. The van der Waals surface area contributed by atoms with Crippen LogP contribution >= 0.6 is 23.2 Å². The first-order chi connectivity index (χ1) is 10.0. The summed E-state index contributed by atoms with van der Waals surface area (Å²) in [6.07, 6.45) is 2.48. The second kappa shape index (κ2) is 7.59. The Kier molecular flexibility index (Phi) is 6.06. The lowest BCUT2D eigenvalue weighted by molar-refractivity contribution is 0.0929. The number of likely N-dealkylation sites (tertiary alicyclic amines) is 1. The zero-order chi connectivity index (χ0) is 15.4. The Hall–Kier alpha value is -0.610. The van der Waals surface area contributed by atoms with E-state index in [0.29, 0.717) is 28.2 Å². The number of hydrogen-bond donors (Lipinski definition) is 0. The van der Waals surface area contributed by atoms with Crippen molar-refractivity contribution in [1.29, 1.82) is 0 Å². The maximum Gasteiger partial charge on any atom is 0.176 e. The van der Waals surface area contributed by atoms with Crippen molar-refractivity contribution in [2.45, 2.75) is 25.8 Å². The fraction of sp³-hybridized carbons (Fsp3) is 0.562. The highest BCUT2D eigenvalue weighted by molar-refractivity contribution is 6.42. The van der Waals surface area contributed by atoms with Crippen molar-refractivity contribution < 1.29 is 4.79 Å². The fourth-order valence-corrected chi connectivity index (χ4v) is 3.25. The largest absolute Gasteiger partial charge is 0.299 e. The van der Waals surface area contributed by atoms with Gasteiger partial charge in [0.05, 0.1) is 16.6 Å². The minimum absolute atomic E-state index is 0.0807. The van der Waals surface area contributed by atoms with Gasteiger partial charge in [0.25, 0.3) is 0 Å². The highest BCUT2D eigenvalue weighted by atomic mass is 35.5. The van der Waals surface area contributed by atoms with Crippen LogP contribution in [0.3, 0.4) is 0 Å². The van der Waals surface area contributed by atoms with E-state index in [1.807, 2.05) is 7.05 Å². The lowest BCUT2D eigenvalue weighted by atomic mass is 10.1. The molecule has 1 atom stereocenters. The van der Waals surface area contributed by atoms with Gasteiger partial charge >= 0.3 is 0 Å². The van der Waals surface area contributed by atoms with Crippen LogP contribution in [-0.2, 0) is 0 Å². The van der Waals surface area contributed by atoms with Crippen LogP contribution in [0.4, 0.5) is 0 Å². The summed E-state index contributed by atoms with van der Waals surface area (Å²) < 4.78 is 0. The van der Waals surface area contributed by atoms with Gasteiger partial charge in [0, 0.05) is 18.2 Å². The third-order valence-electron chi connectivity index (χ3n) is 4.08. The standard InChI is InChI=1S/C16H22Cl2N2O/c1-3-20-8-4-5-13(20)10-19(2)11-16(21)12-6-7-14(17)15(18)9-12/h6-7,9,13H,3-5,8,10-11H2,1-2H3. The Balaban J connectivity index is 1.91. The molecule has 0 radical (unpaired) electrons. The van der Waals surface area contributed by atoms with Crippen LogP contribution in [-0.4, -0.2) is 54.9 Å². The second-order valence-electron chi connectivity index (χ2n) is 5.67. The van der Waals surface area contributed by atoms with Crippen molar-refractivity contribution in [2.24, 2.45) is 0 Å². The minimum atomic E-state index is 0.0807. The first-order valence-electron chi connectivity index (χ1n) is 7.42. The first-order valence-corrected chi connectivity index (χ1v) is 8.17. The van der Waals surface area contributed by atoms with E-state index in [4.69, 9.17) is 23.2 Å². The van der Waals surface area contributed by atoms with Crippen molar-refractivity contribution in [3.8, 4) is 0 Å². The van der Waals surface area contributed by atoms with Gasteiger partial charge in [-0.15, -0.1) is 0 Å². The number of benzene rings is 1. The average Bonchev–Trinajstić information content (AvgIpc) is 2.88. The molecule has 21 heavy (non-hydrogen) atoms.